The van der Waals surface area contributed by atoms with Crippen LogP contribution in [0.3, 0.4) is 0 Å². The third-order valence-electron chi connectivity index (χ3n) is 3.21. The summed E-state index contributed by atoms with van der Waals surface area (Å²) in [6.45, 7) is 1.69. The lowest BCUT2D eigenvalue weighted by molar-refractivity contribution is 0.600. The molecule has 0 spiro atoms. The zero-order valence-corrected chi connectivity index (χ0v) is 12.7. The van der Waals surface area contributed by atoms with Crippen molar-refractivity contribution in [2.75, 3.05) is 34.3 Å². The van der Waals surface area contributed by atoms with Gasteiger partial charge < -0.3 is 4.90 Å². The van der Waals surface area contributed by atoms with Gasteiger partial charge in [-0.3, -0.25) is 4.72 Å². The molecule has 0 saturated carbocycles. The Morgan fingerprint density at radius 2 is 2.00 bits per heavy atom. The van der Waals surface area contributed by atoms with Crippen molar-refractivity contribution in [3.63, 3.8) is 0 Å². The first-order valence-electron chi connectivity index (χ1n) is 6.63. The molecule has 0 aromatic heterocycles. The Balaban J connectivity index is 2.09. The highest BCUT2D eigenvalue weighted by molar-refractivity contribution is 7.92. The number of nitrogens with zero attached hydrogens (tertiary/aromatic N) is 1. The molecule has 1 fully saturated rings. The van der Waals surface area contributed by atoms with Crippen LogP contribution in [0.15, 0.2) is 18.2 Å². The lowest BCUT2D eigenvalue weighted by Gasteiger charge is -2.19. The molecule has 0 atom stereocenters. The molecule has 2 rings (SSSR count). The third kappa shape index (κ3) is 3.99. The van der Waals surface area contributed by atoms with Gasteiger partial charge in [-0.15, -0.1) is 11.6 Å². The van der Waals surface area contributed by atoms with Crippen molar-refractivity contribution in [2.24, 2.45) is 0 Å². The van der Waals surface area contributed by atoms with E-state index in [1.807, 2.05) is 4.90 Å². The molecule has 0 amide bonds. The van der Waals surface area contributed by atoms with Crippen molar-refractivity contribution in [3.8, 4) is 0 Å². The molecule has 7 heteroatoms. The van der Waals surface area contributed by atoms with Crippen LogP contribution in [0.5, 0.6) is 0 Å². The molecule has 20 heavy (non-hydrogen) atoms. The fourth-order valence-electron chi connectivity index (χ4n) is 2.26. The largest absolute Gasteiger partial charge is 0.369 e. The highest BCUT2D eigenvalue weighted by Gasteiger charge is 2.17. The van der Waals surface area contributed by atoms with Crippen LogP contribution in [0.2, 0.25) is 0 Å². The van der Waals surface area contributed by atoms with Crippen LogP contribution >= 0.6 is 11.6 Å². The van der Waals surface area contributed by atoms with Gasteiger partial charge in [-0.2, -0.15) is 0 Å². The van der Waals surface area contributed by atoms with Crippen LogP contribution in [0.4, 0.5) is 15.8 Å². The molecule has 4 nitrogen and oxygen atoms in total. The van der Waals surface area contributed by atoms with E-state index in [1.165, 1.54) is 6.07 Å². The highest BCUT2D eigenvalue weighted by Crippen LogP contribution is 2.26. The first-order chi connectivity index (χ1) is 9.52. The van der Waals surface area contributed by atoms with E-state index in [4.69, 9.17) is 11.6 Å². The Morgan fingerprint density at radius 3 is 2.60 bits per heavy atom. The molecule has 1 aliphatic rings. The minimum Gasteiger partial charge on any atom is -0.369 e. The lowest BCUT2D eigenvalue weighted by atomic mass is 10.2. The first-order valence-corrected chi connectivity index (χ1v) is 8.81. The number of halogens is 2. The van der Waals surface area contributed by atoms with Gasteiger partial charge in [-0.05, 0) is 31.4 Å². The number of benzene rings is 1. The second-order valence-corrected chi connectivity index (χ2v) is 7.04. The Hall–Kier alpha value is -1.01. The summed E-state index contributed by atoms with van der Waals surface area (Å²) in [5, 5.41) is 0. The van der Waals surface area contributed by atoms with Crippen LogP contribution in [0.1, 0.15) is 19.3 Å². The van der Waals surface area contributed by atoms with Gasteiger partial charge in [0.1, 0.15) is 5.82 Å². The molecule has 1 saturated heterocycles. The maximum absolute atomic E-state index is 14.0. The zero-order valence-electron chi connectivity index (χ0n) is 11.1. The van der Waals surface area contributed by atoms with Crippen LogP contribution in [0.25, 0.3) is 0 Å². The second kappa shape index (κ2) is 6.63. The minimum absolute atomic E-state index is 0.0635. The number of hydrogen-bond donors (Lipinski definition) is 1. The lowest BCUT2D eigenvalue weighted by Crippen LogP contribution is -2.20. The van der Waals surface area contributed by atoms with E-state index in [-0.39, 0.29) is 17.3 Å². The van der Waals surface area contributed by atoms with Crippen LogP contribution < -0.4 is 9.62 Å². The zero-order chi connectivity index (χ0) is 14.6. The highest BCUT2D eigenvalue weighted by atomic mass is 35.5. The summed E-state index contributed by atoms with van der Waals surface area (Å²) >= 11 is 5.47. The number of alkyl halides is 1. The number of rotatable bonds is 6. The Kier molecular flexibility index (Phi) is 5.10. The Morgan fingerprint density at radius 1 is 1.30 bits per heavy atom. The normalized spacial score (nSPS) is 15.6. The number of sulfonamides is 1. The third-order valence-corrected chi connectivity index (χ3v) is 4.85. The quantitative estimate of drug-likeness (QED) is 0.820. The monoisotopic (exact) mass is 320 g/mol. The molecule has 1 aromatic rings. The molecular formula is C13H18ClFN2O2S. The molecule has 1 aliphatic heterocycles. The van der Waals surface area contributed by atoms with Gasteiger partial charge in [0.2, 0.25) is 10.0 Å². The smallest absolute Gasteiger partial charge is 0.232 e. The SMILES string of the molecule is O=S(=O)(CCCCl)Nc1ccc(N2CCCC2)c(F)c1. The Bertz CT molecular complexity index is 559. The van der Waals surface area contributed by atoms with Gasteiger partial charge in [0.15, 0.2) is 0 Å². The average Bonchev–Trinajstić information content (AvgIpc) is 2.90. The van der Waals surface area contributed by atoms with E-state index in [2.05, 4.69) is 4.72 Å². The topological polar surface area (TPSA) is 49.4 Å². The summed E-state index contributed by atoms with van der Waals surface area (Å²) in [4.78, 5) is 1.97. The van der Waals surface area contributed by atoms with Gasteiger partial charge >= 0.3 is 0 Å². The fourth-order valence-corrected chi connectivity index (χ4v) is 3.66. The number of nitrogens with one attached hydrogen (secondary N) is 1. The summed E-state index contributed by atoms with van der Waals surface area (Å²) in [7, 11) is -3.46. The van der Waals surface area contributed by atoms with Crippen molar-refractivity contribution < 1.29 is 12.8 Å². The molecule has 0 bridgehead atoms. The van der Waals surface area contributed by atoms with Gasteiger partial charge in [-0.1, -0.05) is 0 Å². The number of anilines is 2. The number of hydrogen-bond acceptors (Lipinski definition) is 3. The van der Waals surface area contributed by atoms with Crippen molar-refractivity contribution in [1.82, 2.24) is 0 Å². The maximum Gasteiger partial charge on any atom is 0.232 e. The molecule has 0 radical (unpaired) electrons. The van der Waals surface area contributed by atoms with E-state index >= 15 is 0 Å². The van der Waals surface area contributed by atoms with Crippen LogP contribution in [-0.4, -0.2) is 33.1 Å². The van der Waals surface area contributed by atoms with Gasteiger partial charge in [0.05, 0.1) is 17.1 Å². The molecule has 0 unspecified atom stereocenters. The van der Waals surface area contributed by atoms with Crippen LogP contribution in [0, 0.1) is 5.82 Å². The van der Waals surface area contributed by atoms with Crippen molar-refractivity contribution in [3.05, 3.63) is 24.0 Å². The van der Waals surface area contributed by atoms with Gasteiger partial charge in [0.25, 0.3) is 0 Å². The predicted molar refractivity (Wildman–Crippen MR) is 80.6 cm³/mol. The standard InChI is InChI=1S/C13H18ClFN2O2S/c14-6-3-9-20(18,19)16-11-4-5-13(12(15)10-11)17-7-1-2-8-17/h4-5,10,16H,1-3,6-9H2. The summed E-state index contributed by atoms with van der Waals surface area (Å²) in [6, 6.07) is 4.45. The van der Waals surface area contributed by atoms with Crippen molar-refractivity contribution in [1.29, 1.82) is 0 Å². The van der Waals surface area contributed by atoms with E-state index in [9.17, 15) is 12.8 Å². The summed E-state index contributed by atoms with van der Waals surface area (Å²) in [5.41, 5.74) is 0.784. The summed E-state index contributed by atoms with van der Waals surface area (Å²) in [6.07, 6.45) is 2.49. The second-order valence-electron chi connectivity index (χ2n) is 4.82. The molecule has 1 heterocycles. The van der Waals surface area contributed by atoms with E-state index in [1.54, 1.807) is 12.1 Å². The molecular weight excluding hydrogens is 303 g/mol. The first kappa shape index (κ1) is 15.4. The van der Waals surface area contributed by atoms with E-state index in [0.717, 1.165) is 25.9 Å². The predicted octanol–water partition coefficient (Wildman–Crippen LogP) is 2.80. The Labute approximate surface area is 124 Å². The fraction of sp³-hybridized carbons (Fsp3) is 0.538. The van der Waals surface area contributed by atoms with Crippen molar-refractivity contribution in [2.45, 2.75) is 19.3 Å². The van der Waals surface area contributed by atoms with Crippen LogP contribution in [-0.2, 0) is 10.0 Å². The molecule has 112 valence electrons. The maximum atomic E-state index is 14.0. The van der Waals surface area contributed by atoms with Gasteiger partial charge in [-0.25, -0.2) is 12.8 Å². The molecule has 1 N–H and O–H groups in total. The van der Waals surface area contributed by atoms with Gasteiger partial charge in [0, 0.05) is 25.0 Å². The van der Waals surface area contributed by atoms with E-state index in [0.29, 0.717) is 12.1 Å². The van der Waals surface area contributed by atoms with Crippen molar-refractivity contribution >= 4 is 33.0 Å². The molecule has 0 aliphatic carbocycles. The summed E-state index contributed by atoms with van der Waals surface area (Å²) in [5.74, 6) is -0.181. The average molecular weight is 321 g/mol. The molecule has 1 aromatic carbocycles. The van der Waals surface area contributed by atoms with E-state index < -0.39 is 15.8 Å². The minimum atomic E-state index is -3.46. The summed E-state index contributed by atoms with van der Waals surface area (Å²) < 4.78 is 39.8.